The third-order valence-electron chi connectivity index (χ3n) is 2.71. The van der Waals surface area contributed by atoms with Crippen molar-refractivity contribution in [3.63, 3.8) is 0 Å². The first-order valence-corrected chi connectivity index (χ1v) is 6.07. The van der Waals surface area contributed by atoms with E-state index in [1.54, 1.807) is 14.2 Å². The molecule has 98 valence electrons. The molecule has 0 heterocycles. The summed E-state index contributed by atoms with van der Waals surface area (Å²) in [7, 11) is 3.48. The van der Waals surface area contributed by atoms with Crippen LogP contribution in [0.15, 0.2) is 0 Å². The number of hydrogen-bond acceptors (Lipinski definition) is 4. The maximum atomic E-state index is 5.13. The van der Waals surface area contributed by atoms with Crippen LogP contribution in [-0.4, -0.2) is 64.1 Å². The zero-order valence-corrected chi connectivity index (χ0v) is 11.5. The van der Waals surface area contributed by atoms with E-state index in [0.29, 0.717) is 12.1 Å². The summed E-state index contributed by atoms with van der Waals surface area (Å²) in [4.78, 5) is 2.45. The summed E-state index contributed by atoms with van der Waals surface area (Å²) in [6.45, 7) is 11.1. The van der Waals surface area contributed by atoms with E-state index >= 15 is 0 Å². The predicted octanol–water partition coefficient (Wildman–Crippen LogP) is 0.968. The molecule has 0 spiro atoms. The van der Waals surface area contributed by atoms with E-state index in [9.17, 15) is 0 Å². The van der Waals surface area contributed by atoms with Crippen LogP contribution in [0.2, 0.25) is 0 Å². The van der Waals surface area contributed by atoms with Crippen LogP contribution in [0.5, 0.6) is 0 Å². The Labute approximate surface area is 100 Å². The first kappa shape index (κ1) is 15.8. The Morgan fingerprint density at radius 2 is 1.69 bits per heavy atom. The van der Waals surface area contributed by atoms with Gasteiger partial charge >= 0.3 is 0 Å². The molecule has 0 aromatic rings. The van der Waals surface area contributed by atoms with Gasteiger partial charge in [-0.2, -0.15) is 0 Å². The van der Waals surface area contributed by atoms with Gasteiger partial charge in [-0.1, -0.05) is 0 Å². The zero-order chi connectivity index (χ0) is 12.4. The van der Waals surface area contributed by atoms with Gasteiger partial charge in [0.25, 0.3) is 0 Å². The van der Waals surface area contributed by atoms with Gasteiger partial charge in [-0.05, 0) is 20.8 Å². The molecule has 0 saturated heterocycles. The molecule has 1 N–H and O–H groups in total. The molecule has 1 unspecified atom stereocenters. The maximum Gasteiger partial charge on any atom is 0.0589 e. The van der Waals surface area contributed by atoms with E-state index in [0.717, 1.165) is 32.8 Å². The molecule has 16 heavy (non-hydrogen) atoms. The minimum atomic E-state index is 0.520. The van der Waals surface area contributed by atoms with Crippen molar-refractivity contribution in [3.8, 4) is 0 Å². The third kappa shape index (κ3) is 7.17. The number of nitrogens with zero attached hydrogens (tertiary/aromatic N) is 1. The highest BCUT2D eigenvalue weighted by molar-refractivity contribution is 4.72. The molecule has 4 nitrogen and oxygen atoms in total. The van der Waals surface area contributed by atoms with Gasteiger partial charge in [0.1, 0.15) is 0 Å². The van der Waals surface area contributed by atoms with Crippen LogP contribution in [-0.2, 0) is 9.47 Å². The van der Waals surface area contributed by atoms with Gasteiger partial charge in [0.05, 0.1) is 13.2 Å². The summed E-state index contributed by atoms with van der Waals surface area (Å²) in [6.07, 6.45) is 0. The summed E-state index contributed by atoms with van der Waals surface area (Å²) in [5.41, 5.74) is 0. The average molecular weight is 232 g/mol. The lowest BCUT2D eigenvalue weighted by Gasteiger charge is -2.32. The minimum absolute atomic E-state index is 0.520. The van der Waals surface area contributed by atoms with Crippen LogP contribution >= 0.6 is 0 Å². The van der Waals surface area contributed by atoms with E-state index in [2.05, 4.69) is 31.0 Å². The lowest BCUT2D eigenvalue weighted by Crippen LogP contribution is -2.46. The number of hydrogen-bond donors (Lipinski definition) is 1. The molecule has 1 atom stereocenters. The summed E-state index contributed by atoms with van der Waals surface area (Å²) < 4.78 is 10.1. The highest BCUT2D eigenvalue weighted by Crippen LogP contribution is 2.04. The van der Waals surface area contributed by atoms with Crippen molar-refractivity contribution in [1.29, 1.82) is 0 Å². The van der Waals surface area contributed by atoms with Gasteiger partial charge in [-0.15, -0.1) is 0 Å². The lowest BCUT2D eigenvalue weighted by atomic mass is 10.2. The average Bonchev–Trinajstić information content (AvgIpc) is 2.24. The van der Waals surface area contributed by atoms with Gasteiger partial charge in [0, 0.05) is 45.9 Å². The number of nitrogens with one attached hydrogen (secondary N) is 1. The van der Waals surface area contributed by atoms with Crippen LogP contribution < -0.4 is 5.32 Å². The van der Waals surface area contributed by atoms with Crippen molar-refractivity contribution in [3.05, 3.63) is 0 Å². The largest absolute Gasteiger partial charge is 0.383 e. The van der Waals surface area contributed by atoms with E-state index in [1.165, 1.54) is 0 Å². The fourth-order valence-corrected chi connectivity index (χ4v) is 1.79. The van der Waals surface area contributed by atoms with Crippen LogP contribution in [0.3, 0.4) is 0 Å². The molecule has 0 radical (unpaired) electrons. The molecule has 0 bridgehead atoms. The second-order valence-electron chi connectivity index (χ2n) is 4.37. The molecule has 0 rings (SSSR count). The van der Waals surface area contributed by atoms with Gasteiger partial charge in [0.15, 0.2) is 0 Å². The SMILES string of the molecule is COCCNCC(C)N(CCOC)C(C)C. The Bertz CT molecular complexity index is 154. The van der Waals surface area contributed by atoms with Gasteiger partial charge in [0.2, 0.25) is 0 Å². The van der Waals surface area contributed by atoms with E-state index in [1.807, 2.05) is 0 Å². The van der Waals surface area contributed by atoms with Crippen molar-refractivity contribution < 1.29 is 9.47 Å². The van der Waals surface area contributed by atoms with Crippen molar-refractivity contribution in [2.75, 3.05) is 47.1 Å². The molecule has 0 aromatic heterocycles. The zero-order valence-electron chi connectivity index (χ0n) is 11.5. The van der Waals surface area contributed by atoms with Crippen molar-refractivity contribution in [2.45, 2.75) is 32.9 Å². The van der Waals surface area contributed by atoms with E-state index < -0.39 is 0 Å². The summed E-state index contributed by atoms with van der Waals surface area (Å²) in [5, 5.41) is 3.39. The van der Waals surface area contributed by atoms with Crippen LogP contribution in [0.4, 0.5) is 0 Å². The molecular formula is C12H28N2O2. The smallest absolute Gasteiger partial charge is 0.0589 e. The second-order valence-corrected chi connectivity index (χ2v) is 4.37. The maximum absolute atomic E-state index is 5.13. The number of rotatable bonds is 10. The fourth-order valence-electron chi connectivity index (χ4n) is 1.79. The highest BCUT2D eigenvalue weighted by atomic mass is 16.5. The third-order valence-corrected chi connectivity index (χ3v) is 2.71. The summed E-state index contributed by atoms with van der Waals surface area (Å²) in [5.74, 6) is 0. The molecule has 0 amide bonds. The van der Waals surface area contributed by atoms with E-state index in [-0.39, 0.29) is 0 Å². The Kier molecular flexibility index (Phi) is 9.92. The molecule has 0 aliphatic carbocycles. The summed E-state index contributed by atoms with van der Waals surface area (Å²) in [6, 6.07) is 1.07. The first-order chi connectivity index (χ1) is 7.63. The molecule has 0 fully saturated rings. The standard InChI is InChI=1S/C12H28N2O2/c1-11(2)14(7-9-16-5)12(3)10-13-6-8-15-4/h11-13H,6-10H2,1-5H3. The molecule has 0 aliphatic rings. The Balaban J connectivity index is 3.82. The quantitative estimate of drug-likeness (QED) is 0.569. The normalized spacial score (nSPS) is 13.7. The first-order valence-electron chi connectivity index (χ1n) is 6.07. The minimum Gasteiger partial charge on any atom is -0.383 e. The van der Waals surface area contributed by atoms with Crippen molar-refractivity contribution >= 4 is 0 Å². The van der Waals surface area contributed by atoms with Gasteiger partial charge in [-0.25, -0.2) is 0 Å². The monoisotopic (exact) mass is 232 g/mol. The predicted molar refractivity (Wildman–Crippen MR) is 67.9 cm³/mol. The van der Waals surface area contributed by atoms with Crippen molar-refractivity contribution in [2.24, 2.45) is 0 Å². The van der Waals surface area contributed by atoms with E-state index in [4.69, 9.17) is 9.47 Å². The Morgan fingerprint density at radius 3 is 2.19 bits per heavy atom. The number of ether oxygens (including phenoxy) is 2. The molecule has 0 aromatic carbocycles. The Morgan fingerprint density at radius 1 is 1.06 bits per heavy atom. The van der Waals surface area contributed by atoms with Crippen molar-refractivity contribution in [1.82, 2.24) is 10.2 Å². The second kappa shape index (κ2) is 10.0. The summed E-state index contributed by atoms with van der Waals surface area (Å²) >= 11 is 0. The van der Waals surface area contributed by atoms with Crippen LogP contribution in [0, 0.1) is 0 Å². The van der Waals surface area contributed by atoms with Crippen LogP contribution in [0.25, 0.3) is 0 Å². The molecule has 4 heteroatoms. The molecule has 0 saturated carbocycles. The lowest BCUT2D eigenvalue weighted by molar-refractivity contribution is 0.0998. The molecular weight excluding hydrogens is 204 g/mol. The topological polar surface area (TPSA) is 33.7 Å². The van der Waals surface area contributed by atoms with Gasteiger partial charge < -0.3 is 14.8 Å². The molecule has 0 aliphatic heterocycles. The highest BCUT2D eigenvalue weighted by Gasteiger charge is 2.15. The number of methoxy groups -OCH3 is 2. The van der Waals surface area contributed by atoms with Gasteiger partial charge in [-0.3, -0.25) is 4.90 Å². The Hall–Kier alpha value is -0.160. The fraction of sp³-hybridized carbons (Fsp3) is 1.00. The van der Waals surface area contributed by atoms with Crippen LogP contribution in [0.1, 0.15) is 20.8 Å².